The van der Waals surface area contributed by atoms with Gasteiger partial charge in [0.2, 0.25) is 0 Å². The zero-order valence-corrected chi connectivity index (χ0v) is 9.79. The molecular formula is C14H12O4. The molecule has 4 nitrogen and oxygen atoms in total. The zero-order chi connectivity index (χ0) is 13.0. The molecule has 0 radical (unpaired) electrons. The van der Waals surface area contributed by atoms with Crippen LogP contribution in [0.1, 0.15) is 10.4 Å². The number of allylic oxidation sites excluding steroid dienone is 5. The largest absolute Gasteiger partial charge is 0.493 e. The van der Waals surface area contributed by atoms with Crippen molar-refractivity contribution in [2.24, 2.45) is 0 Å². The minimum Gasteiger partial charge on any atom is -0.493 e. The van der Waals surface area contributed by atoms with Gasteiger partial charge >= 0.3 is 0 Å². The van der Waals surface area contributed by atoms with Crippen LogP contribution in [0.4, 0.5) is 0 Å². The van der Waals surface area contributed by atoms with E-state index in [4.69, 9.17) is 9.47 Å². The predicted octanol–water partition coefficient (Wildman–Crippen LogP) is 2.78. The molecule has 2 rings (SSSR count). The second-order valence-corrected chi connectivity index (χ2v) is 3.61. The van der Waals surface area contributed by atoms with Crippen molar-refractivity contribution in [2.45, 2.75) is 0 Å². The number of rotatable bonds is 4. The Morgan fingerprint density at radius 3 is 2.56 bits per heavy atom. The molecule has 0 saturated carbocycles. The summed E-state index contributed by atoms with van der Waals surface area (Å²) in [7, 11) is 1.47. The molecule has 1 aromatic carbocycles. The Kier molecular flexibility index (Phi) is 3.48. The molecule has 0 saturated heterocycles. The van der Waals surface area contributed by atoms with Crippen LogP contribution in [0.3, 0.4) is 0 Å². The Morgan fingerprint density at radius 2 is 1.94 bits per heavy atom. The number of aliphatic hydroxyl groups is 1. The predicted molar refractivity (Wildman–Crippen MR) is 66.9 cm³/mol. The van der Waals surface area contributed by atoms with E-state index < -0.39 is 0 Å². The molecule has 0 spiro atoms. The number of aliphatic hydroxyl groups excluding tert-OH is 1. The van der Waals surface area contributed by atoms with Crippen LogP contribution >= 0.6 is 0 Å². The molecule has 4 heteroatoms. The number of carbonyl (C=O) groups is 1. The summed E-state index contributed by atoms with van der Waals surface area (Å²) in [6, 6.07) is 4.70. The molecule has 18 heavy (non-hydrogen) atoms. The first-order valence-electron chi connectivity index (χ1n) is 5.33. The maximum atomic E-state index is 10.6. The fourth-order valence-electron chi connectivity index (χ4n) is 1.52. The number of aldehydes is 1. The Balaban J connectivity index is 2.29. The summed E-state index contributed by atoms with van der Waals surface area (Å²) in [6.45, 7) is 0. The van der Waals surface area contributed by atoms with Crippen LogP contribution < -0.4 is 9.47 Å². The van der Waals surface area contributed by atoms with Crippen LogP contribution in [0, 0.1) is 0 Å². The van der Waals surface area contributed by atoms with Gasteiger partial charge in [0, 0.05) is 5.56 Å². The number of carbonyl (C=O) groups excluding carboxylic acids is 1. The average molecular weight is 244 g/mol. The second kappa shape index (κ2) is 5.23. The van der Waals surface area contributed by atoms with E-state index in [0.29, 0.717) is 28.9 Å². The molecule has 0 fully saturated rings. The Bertz CT molecular complexity index is 539. The third kappa shape index (κ3) is 2.43. The molecule has 1 aromatic rings. The summed E-state index contributed by atoms with van der Waals surface area (Å²) < 4.78 is 10.4. The molecule has 0 aromatic heterocycles. The van der Waals surface area contributed by atoms with Gasteiger partial charge in [-0.25, -0.2) is 0 Å². The average Bonchev–Trinajstić information content (AvgIpc) is 2.93. The highest BCUT2D eigenvalue weighted by atomic mass is 16.6. The van der Waals surface area contributed by atoms with Crippen molar-refractivity contribution in [3.8, 4) is 11.5 Å². The van der Waals surface area contributed by atoms with Gasteiger partial charge in [-0.15, -0.1) is 0 Å². The number of methoxy groups -OCH3 is 1. The van der Waals surface area contributed by atoms with Crippen molar-refractivity contribution < 1.29 is 19.4 Å². The lowest BCUT2D eigenvalue weighted by Gasteiger charge is -2.10. The number of ether oxygens (including phenoxy) is 2. The summed E-state index contributed by atoms with van der Waals surface area (Å²) in [5.41, 5.74) is 1.06. The second-order valence-electron chi connectivity index (χ2n) is 3.61. The molecule has 0 aliphatic heterocycles. The first-order valence-corrected chi connectivity index (χ1v) is 5.33. The maximum absolute atomic E-state index is 10.6. The summed E-state index contributed by atoms with van der Waals surface area (Å²) in [5, 5.41) is 9.78. The van der Waals surface area contributed by atoms with Crippen LogP contribution in [-0.4, -0.2) is 18.5 Å². The lowest BCUT2D eigenvalue weighted by Crippen LogP contribution is -1.99. The highest BCUT2D eigenvalue weighted by Gasteiger charge is 2.10. The highest BCUT2D eigenvalue weighted by molar-refractivity contribution is 5.76. The third-order valence-corrected chi connectivity index (χ3v) is 2.44. The van der Waals surface area contributed by atoms with Crippen molar-refractivity contribution in [2.75, 3.05) is 7.11 Å². The first kappa shape index (κ1) is 12.0. The van der Waals surface area contributed by atoms with Crippen molar-refractivity contribution in [1.82, 2.24) is 0 Å². The van der Waals surface area contributed by atoms with Crippen molar-refractivity contribution in [3.05, 3.63) is 59.6 Å². The molecule has 0 atom stereocenters. The van der Waals surface area contributed by atoms with Crippen molar-refractivity contribution in [3.63, 3.8) is 0 Å². The first-order chi connectivity index (χ1) is 8.74. The fourth-order valence-corrected chi connectivity index (χ4v) is 1.52. The lowest BCUT2D eigenvalue weighted by molar-refractivity contribution is 0.112. The van der Waals surface area contributed by atoms with Crippen LogP contribution in [0.25, 0.3) is 0 Å². The van der Waals surface area contributed by atoms with Gasteiger partial charge in [0.05, 0.1) is 12.7 Å². The molecule has 1 N–H and O–H groups in total. The third-order valence-electron chi connectivity index (χ3n) is 2.44. The van der Waals surface area contributed by atoms with E-state index in [2.05, 4.69) is 0 Å². The van der Waals surface area contributed by atoms with Gasteiger partial charge in [-0.2, -0.15) is 0 Å². The van der Waals surface area contributed by atoms with E-state index in [9.17, 15) is 9.90 Å². The number of benzene rings is 1. The quantitative estimate of drug-likeness (QED) is 0.653. The number of hydrogen-bond acceptors (Lipinski definition) is 4. The smallest absolute Gasteiger partial charge is 0.289 e. The monoisotopic (exact) mass is 244 g/mol. The topological polar surface area (TPSA) is 55.8 Å². The van der Waals surface area contributed by atoms with E-state index in [1.54, 1.807) is 42.5 Å². The summed E-state index contributed by atoms with van der Waals surface area (Å²) in [5.74, 6) is 0.525. The van der Waals surface area contributed by atoms with E-state index in [1.807, 2.05) is 0 Å². The lowest BCUT2D eigenvalue weighted by atomic mass is 10.2. The molecule has 1 aliphatic rings. The normalized spacial score (nSPS) is 12.6. The van der Waals surface area contributed by atoms with Crippen molar-refractivity contribution in [1.29, 1.82) is 0 Å². The molecule has 1 aliphatic carbocycles. The molecule has 0 bridgehead atoms. The molecule has 0 unspecified atom stereocenters. The van der Waals surface area contributed by atoms with Gasteiger partial charge in [-0.3, -0.25) is 4.79 Å². The highest BCUT2D eigenvalue weighted by Crippen LogP contribution is 2.29. The van der Waals surface area contributed by atoms with Crippen LogP contribution in [0.15, 0.2) is 54.0 Å². The van der Waals surface area contributed by atoms with Crippen LogP contribution in [0.2, 0.25) is 0 Å². The van der Waals surface area contributed by atoms with Crippen molar-refractivity contribution >= 4 is 6.29 Å². The molecular weight excluding hydrogens is 232 g/mol. The number of hydrogen-bond donors (Lipinski definition) is 1. The van der Waals surface area contributed by atoms with Gasteiger partial charge in [0.15, 0.2) is 11.5 Å². The molecule has 0 heterocycles. The zero-order valence-electron chi connectivity index (χ0n) is 9.79. The Hall–Kier alpha value is -2.49. The standard InChI is InChI=1S/C14H12O4/c1-17-13-8-10(9-15)6-7-12(13)18-14(16)11-4-2-3-5-11/h2-9,16H,1H3. The van der Waals surface area contributed by atoms with Gasteiger partial charge in [0.25, 0.3) is 5.95 Å². The van der Waals surface area contributed by atoms with Gasteiger partial charge in [-0.05, 0) is 30.4 Å². The fraction of sp³-hybridized carbons (Fsp3) is 0.0714. The SMILES string of the molecule is COc1cc(C=O)ccc1OC(O)=C1C=CC=C1. The minimum absolute atomic E-state index is 0.211. The Labute approximate surface area is 104 Å². The van der Waals surface area contributed by atoms with Crippen LogP contribution in [0.5, 0.6) is 11.5 Å². The van der Waals surface area contributed by atoms with Crippen LogP contribution in [-0.2, 0) is 0 Å². The van der Waals surface area contributed by atoms with E-state index in [-0.39, 0.29) is 5.95 Å². The molecule has 0 amide bonds. The minimum atomic E-state index is -0.211. The van der Waals surface area contributed by atoms with Gasteiger partial charge < -0.3 is 14.6 Å². The van der Waals surface area contributed by atoms with E-state index >= 15 is 0 Å². The summed E-state index contributed by atoms with van der Waals surface area (Å²) >= 11 is 0. The molecule has 92 valence electrons. The summed E-state index contributed by atoms with van der Waals surface area (Å²) in [6.07, 6.45) is 7.75. The maximum Gasteiger partial charge on any atom is 0.289 e. The van der Waals surface area contributed by atoms with E-state index in [1.165, 1.54) is 7.11 Å². The summed E-state index contributed by atoms with van der Waals surface area (Å²) in [4.78, 5) is 10.6. The Morgan fingerprint density at radius 1 is 1.22 bits per heavy atom. The van der Waals surface area contributed by atoms with Gasteiger partial charge in [-0.1, -0.05) is 12.2 Å². The van der Waals surface area contributed by atoms with E-state index in [0.717, 1.165) is 0 Å². The van der Waals surface area contributed by atoms with Gasteiger partial charge in [0.1, 0.15) is 6.29 Å².